The van der Waals surface area contributed by atoms with Gasteiger partial charge in [0, 0.05) is 0 Å². The Labute approximate surface area is 110 Å². The van der Waals surface area contributed by atoms with Gasteiger partial charge < -0.3 is 24.4 Å². The SMILES string of the molecule is O=C(OC[C@H]1OC[C@@H]([C@@H](O)CO)O1)c1ccccc1. The summed E-state index contributed by atoms with van der Waals surface area (Å²) < 4.78 is 15.5. The first kappa shape index (κ1) is 14.0. The number of esters is 1. The van der Waals surface area contributed by atoms with E-state index in [4.69, 9.17) is 19.3 Å². The molecule has 0 aliphatic carbocycles. The molecule has 2 N–H and O–H groups in total. The van der Waals surface area contributed by atoms with Crippen LogP contribution in [0.1, 0.15) is 10.4 Å². The van der Waals surface area contributed by atoms with Crippen LogP contribution in [0.25, 0.3) is 0 Å². The Hall–Kier alpha value is -1.47. The van der Waals surface area contributed by atoms with Crippen molar-refractivity contribution < 1.29 is 29.2 Å². The van der Waals surface area contributed by atoms with Gasteiger partial charge in [0.05, 0.1) is 18.8 Å². The standard InChI is InChI=1S/C13H16O6/c14-6-10(15)11-7-17-12(19-11)8-18-13(16)9-4-2-1-3-5-9/h1-5,10-12,14-15H,6-8H2/t10-,11-,12-/m0/s1. The van der Waals surface area contributed by atoms with Gasteiger partial charge in [-0.1, -0.05) is 18.2 Å². The van der Waals surface area contributed by atoms with Gasteiger partial charge in [-0.25, -0.2) is 4.79 Å². The molecule has 0 amide bonds. The molecule has 2 rings (SSSR count). The lowest BCUT2D eigenvalue weighted by atomic mass is 10.2. The molecule has 0 spiro atoms. The van der Waals surface area contributed by atoms with Gasteiger partial charge in [-0.2, -0.15) is 0 Å². The van der Waals surface area contributed by atoms with Crippen molar-refractivity contribution in [3.05, 3.63) is 35.9 Å². The molecule has 19 heavy (non-hydrogen) atoms. The van der Waals surface area contributed by atoms with Gasteiger partial charge in [-0.3, -0.25) is 0 Å². The lowest BCUT2D eigenvalue weighted by molar-refractivity contribution is -0.112. The Morgan fingerprint density at radius 2 is 2.16 bits per heavy atom. The Kier molecular flexibility index (Phi) is 4.86. The van der Waals surface area contributed by atoms with Crippen molar-refractivity contribution in [2.24, 2.45) is 0 Å². The molecule has 1 heterocycles. The minimum Gasteiger partial charge on any atom is -0.457 e. The molecule has 3 atom stereocenters. The first-order valence-electron chi connectivity index (χ1n) is 5.99. The fourth-order valence-corrected chi connectivity index (χ4v) is 1.68. The summed E-state index contributed by atoms with van der Waals surface area (Å²) in [6.07, 6.45) is -2.29. The zero-order valence-electron chi connectivity index (χ0n) is 10.3. The third-order valence-corrected chi connectivity index (χ3v) is 2.75. The lowest BCUT2D eigenvalue weighted by Crippen LogP contribution is -2.32. The second kappa shape index (κ2) is 6.63. The Morgan fingerprint density at radius 1 is 1.42 bits per heavy atom. The van der Waals surface area contributed by atoms with Gasteiger partial charge in [0.1, 0.15) is 18.8 Å². The topological polar surface area (TPSA) is 85.2 Å². The number of aliphatic hydroxyl groups excluding tert-OH is 2. The molecule has 0 bridgehead atoms. The number of hydrogen-bond acceptors (Lipinski definition) is 6. The van der Waals surface area contributed by atoms with Crippen molar-refractivity contribution in [2.45, 2.75) is 18.5 Å². The van der Waals surface area contributed by atoms with Gasteiger partial charge in [0.2, 0.25) is 0 Å². The molecule has 6 nitrogen and oxygen atoms in total. The summed E-state index contributed by atoms with van der Waals surface area (Å²) in [7, 11) is 0. The van der Waals surface area contributed by atoms with Gasteiger partial charge in [0.25, 0.3) is 0 Å². The molecule has 1 saturated heterocycles. The highest BCUT2D eigenvalue weighted by molar-refractivity contribution is 5.89. The molecule has 0 unspecified atom stereocenters. The Bertz CT molecular complexity index is 407. The zero-order chi connectivity index (χ0) is 13.7. The predicted molar refractivity (Wildman–Crippen MR) is 64.4 cm³/mol. The first-order chi connectivity index (χ1) is 9.20. The smallest absolute Gasteiger partial charge is 0.338 e. The second-order valence-corrected chi connectivity index (χ2v) is 4.15. The largest absolute Gasteiger partial charge is 0.457 e. The van der Waals surface area contributed by atoms with E-state index in [9.17, 15) is 9.90 Å². The highest BCUT2D eigenvalue weighted by atomic mass is 16.7. The summed E-state index contributed by atoms with van der Waals surface area (Å²) in [5, 5.41) is 18.1. The van der Waals surface area contributed by atoms with E-state index < -0.39 is 31.1 Å². The van der Waals surface area contributed by atoms with Crippen molar-refractivity contribution in [3.63, 3.8) is 0 Å². The van der Waals surface area contributed by atoms with Crippen LogP contribution in [0, 0.1) is 0 Å². The van der Waals surface area contributed by atoms with Crippen LogP contribution >= 0.6 is 0 Å². The first-order valence-corrected chi connectivity index (χ1v) is 5.99. The third kappa shape index (κ3) is 3.74. The van der Waals surface area contributed by atoms with Gasteiger partial charge in [0.15, 0.2) is 6.29 Å². The van der Waals surface area contributed by atoms with Crippen molar-refractivity contribution in [2.75, 3.05) is 19.8 Å². The molecule has 1 aromatic carbocycles. The monoisotopic (exact) mass is 268 g/mol. The molecular weight excluding hydrogens is 252 g/mol. The van der Waals surface area contributed by atoms with Crippen molar-refractivity contribution in [1.29, 1.82) is 0 Å². The van der Waals surface area contributed by atoms with Crippen LogP contribution in [0.5, 0.6) is 0 Å². The van der Waals surface area contributed by atoms with Crippen LogP contribution < -0.4 is 0 Å². The fraction of sp³-hybridized carbons (Fsp3) is 0.462. The Balaban J connectivity index is 1.76. The summed E-state index contributed by atoms with van der Waals surface area (Å²) in [5.74, 6) is -0.459. The van der Waals surface area contributed by atoms with Crippen LogP contribution in [0.3, 0.4) is 0 Å². The minimum atomic E-state index is -0.991. The number of benzene rings is 1. The maximum absolute atomic E-state index is 11.7. The predicted octanol–water partition coefficient (Wildman–Crippen LogP) is -0.0619. The quantitative estimate of drug-likeness (QED) is 0.728. The molecule has 0 radical (unpaired) electrons. The molecule has 0 aromatic heterocycles. The third-order valence-electron chi connectivity index (χ3n) is 2.75. The number of hydrogen-bond donors (Lipinski definition) is 2. The van der Waals surface area contributed by atoms with E-state index >= 15 is 0 Å². The van der Waals surface area contributed by atoms with Gasteiger partial charge >= 0.3 is 5.97 Å². The molecule has 1 fully saturated rings. The van der Waals surface area contributed by atoms with Crippen molar-refractivity contribution >= 4 is 5.97 Å². The van der Waals surface area contributed by atoms with E-state index in [0.29, 0.717) is 5.56 Å². The van der Waals surface area contributed by atoms with Crippen LogP contribution in [0.2, 0.25) is 0 Å². The molecule has 1 aliphatic heterocycles. The average Bonchev–Trinajstić information content (AvgIpc) is 2.93. The van der Waals surface area contributed by atoms with Crippen LogP contribution in [-0.4, -0.2) is 54.5 Å². The normalized spacial score (nSPS) is 24.1. The molecule has 1 aliphatic rings. The number of aliphatic hydroxyl groups is 2. The molecule has 1 aromatic rings. The van der Waals surface area contributed by atoms with Crippen LogP contribution in [-0.2, 0) is 14.2 Å². The summed E-state index contributed by atoms with van der Waals surface area (Å²) in [4.78, 5) is 11.7. The molecular formula is C13H16O6. The number of carbonyl (C=O) groups is 1. The zero-order valence-corrected chi connectivity index (χ0v) is 10.3. The summed E-state index contributed by atoms with van der Waals surface area (Å²) in [6.45, 7) is -0.289. The highest BCUT2D eigenvalue weighted by Gasteiger charge is 2.31. The van der Waals surface area contributed by atoms with E-state index in [1.807, 2.05) is 0 Å². The van der Waals surface area contributed by atoms with Gasteiger partial charge in [-0.05, 0) is 12.1 Å². The van der Waals surface area contributed by atoms with Gasteiger partial charge in [-0.15, -0.1) is 0 Å². The van der Waals surface area contributed by atoms with Crippen LogP contribution in [0.4, 0.5) is 0 Å². The van der Waals surface area contributed by atoms with E-state index in [1.165, 1.54) is 0 Å². The maximum Gasteiger partial charge on any atom is 0.338 e. The summed E-state index contributed by atoms with van der Waals surface area (Å²) in [6, 6.07) is 8.59. The number of carbonyl (C=O) groups excluding carboxylic acids is 1. The number of rotatable bonds is 5. The highest BCUT2D eigenvalue weighted by Crippen LogP contribution is 2.15. The summed E-state index contributed by atoms with van der Waals surface area (Å²) in [5.41, 5.74) is 0.451. The maximum atomic E-state index is 11.7. The molecule has 6 heteroatoms. The minimum absolute atomic E-state index is 0.0532. The van der Waals surface area contributed by atoms with E-state index in [1.54, 1.807) is 30.3 Å². The Morgan fingerprint density at radius 3 is 2.84 bits per heavy atom. The van der Waals surface area contributed by atoms with Crippen LogP contribution in [0.15, 0.2) is 30.3 Å². The number of ether oxygens (including phenoxy) is 3. The van der Waals surface area contributed by atoms with Crippen molar-refractivity contribution in [3.8, 4) is 0 Å². The lowest BCUT2D eigenvalue weighted by Gasteiger charge is -2.14. The fourth-order valence-electron chi connectivity index (χ4n) is 1.68. The second-order valence-electron chi connectivity index (χ2n) is 4.15. The van der Waals surface area contributed by atoms with E-state index in [2.05, 4.69) is 0 Å². The summed E-state index contributed by atoms with van der Waals surface area (Å²) >= 11 is 0. The average molecular weight is 268 g/mol. The molecule has 0 saturated carbocycles. The van der Waals surface area contributed by atoms with Crippen molar-refractivity contribution in [1.82, 2.24) is 0 Å². The van der Waals surface area contributed by atoms with E-state index in [0.717, 1.165) is 0 Å². The van der Waals surface area contributed by atoms with E-state index in [-0.39, 0.29) is 13.2 Å². The molecule has 104 valence electrons.